The number of fused-ring (bicyclic) bond motifs is 7. The average molecular weight is 544 g/mol. The lowest BCUT2D eigenvalue weighted by Gasteiger charge is -2.67. The summed E-state index contributed by atoms with van der Waals surface area (Å²) >= 11 is 1.38. The maximum absolute atomic E-state index is 14.4. The van der Waals surface area contributed by atoms with E-state index >= 15 is 0 Å². The minimum absolute atomic E-state index is 0.000765. The van der Waals surface area contributed by atoms with Gasteiger partial charge in [0.25, 0.3) is 0 Å². The number of carbonyl (C=O) groups is 3. The van der Waals surface area contributed by atoms with Crippen LogP contribution in [-0.2, 0) is 19.1 Å². The highest BCUT2D eigenvalue weighted by molar-refractivity contribution is 7.97. The average Bonchev–Trinajstić information content (AvgIpc) is 2.81. The third-order valence-electron chi connectivity index (χ3n) is 12.8. The maximum Gasteiger partial charge on any atom is 0.302 e. The first-order chi connectivity index (χ1) is 17.6. The Bertz CT molecular complexity index is 1070. The van der Waals surface area contributed by atoms with Gasteiger partial charge in [-0.3, -0.25) is 19.1 Å². The molecule has 1 amide bonds. The number of hydrogen-bond donors (Lipinski definition) is 1. The number of carbonyl (C=O) groups excluding carboxylic acids is 3. The highest BCUT2D eigenvalue weighted by atomic mass is 32.2. The first-order valence-corrected chi connectivity index (χ1v) is 16.1. The molecule has 0 aromatic carbocycles. The number of nitrogens with one attached hydrogen (secondary N) is 1. The summed E-state index contributed by atoms with van der Waals surface area (Å²) in [6, 6.07) is 0. The summed E-state index contributed by atoms with van der Waals surface area (Å²) in [6.45, 7) is 15.4. The molecule has 0 aliphatic heterocycles. The summed E-state index contributed by atoms with van der Waals surface area (Å²) in [7, 11) is 0. The summed E-state index contributed by atoms with van der Waals surface area (Å²) in [5.41, 5.74) is 0.806. The predicted octanol–water partition coefficient (Wildman–Crippen LogP) is 6.90. The van der Waals surface area contributed by atoms with Crippen molar-refractivity contribution in [3.63, 3.8) is 0 Å². The van der Waals surface area contributed by atoms with Crippen LogP contribution < -0.4 is 4.72 Å². The van der Waals surface area contributed by atoms with Crippen molar-refractivity contribution >= 4 is 29.6 Å². The molecule has 5 aliphatic rings. The second-order valence-corrected chi connectivity index (χ2v) is 15.9. The summed E-state index contributed by atoms with van der Waals surface area (Å²) in [6.07, 6.45) is 12.9. The number of amides is 1. The molecule has 0 spiro atoms. The number of allylic oxidation sites excluding steroid dienone is 2. The number of ketones is 1. The van der Waals surface area contributed by atoms with Crippen molar-refractivity contribution in [2.45, 2.75) is 112 Å². The summed E-state index contributed by atoms with van der Waals surface area (Å²) in [5.74, 6) is 1.28. The van der Waals surface area contributed by atoms with Crippen molar-refractivity contribution in [2.24, 2.45) is 50.7 Å². The Morgan fingerprint density at radius 1 is 0.921 bits per heavy atom. The molecule has 1 unspecified atom stereocenters. The number of ether oxygens (including phenoxy) is 1. The molecule has 5 aliphatic carbocycles. The molecule has 4 saturated carbocycles. The quantitative estimate of drug-likeness (QED) is 0.310. The van der Waals surface area contributed by atoms with E-state index in [0.717, 1.165) is 51.4 Å². The Balaban J connectivity index is 1.51. The highest BCUT2D eigenvalue weighted by Crippen LogP contribution is 2.71. The zero-order valence-corrected chi connectivity index (χ0v) is 25.7. The molecule has 38 heavy (non-hydrogen) atoms. The van der Waals surface area contributed by atoms with E-state index in [0.29, 0.717) is 17.6 Å². The molecule has 9 atom stereocenters. The van der Waals surface area contributed by atoms with Gasteiger partial charge in [-0.1, -0.05) is 59.1 Å². The third-order valence-corrected chi connectivity index (χ3v) is 13.1. The van der Waals surface area contributed by atoms with Crippen LogP contribution in [0.2, 0.25) is 0 Å². The fourth-order valence-electron chi connectivity index (χ4n) is 10.7. The van der Waals surface area contributed by atoms with Crippen LogP contribution in [0, 0.1) is 50.7 Å². The summed E-state index contributed by atoms with van der Waals surface area (Å²) < 4.78 is 8.85. The minimum Gasteiger partial charge on any atom is -0.462 e. The standard InChI is InChI=1S/C32H49NO4S/c1-19(34)37-25-11-14-32(7)24(28(25,2)3)10-13-31(6)21-9-12-29(4)15-16-30(5,27(36)33-38-8)18-22(29)20(21)17-23(35)26(31)32/h17,21-22,24-26H,9-16,18H2,1-8H3,(H,33,36)/t21?,22-,24-,25-,26-,29-,30-,31-,32-/m0/s1. The molecule has 212 valence electrons. The van der Waals surface area contributed by atoms with Gasteiger partial charge < -0.3 is 4.74 Å². The van der Waals surface area contributed by atoms with E-state index in [1.54, 1.807) is 0 Å². The van der Waals surface area contributed by atoms with Crippen molar-refractivity contribution < 1.29 is 19.1 Å². The second kappa shape index (κ2) is 9.11. The van der Waals surface area contributed by atoms with Crippen LogP contribution in [0.25, 0.3) is 0 Å². The van der Waals surface area contributed by atoms with Gasteiger partial charge >= 0.3 is 5.97 Å². The lowest BCUT2D eigenvalue weighted by molar-refractivity contribution is -0.200. The Kier molecular flexibility index (Phi) is 6.77. The van der Waals surface area contributed by atoms with E-state index in [2.05, 4.69) is 52.3 Å². The first kappa shape index (κ1) is 28.2. The van der Waals surface area contributed by atoms with Gasteiger partial charge in [0.1, 0.15) is 6.10 Å². The zero-order valence-electron chi connectivity index (χ0n) is 24.9. The van der Waals surface area contributed by atoms with Gasteiger partial charge in [0.05, 0.1) is 0 Å². The molecule has 6 heteroatoms. The van der Waals surface area contributed by atoms with Crippen molar-refractivity contribution in [2.75, 3.05) is 6.26 Å². The Morgan fingerprint density at radius 3 is 2.26 bits per heavy atom. The van der Waals surface area contributed by atoms with Crippen LogP contribution in [-0.4, -0.2) is 30.0 Å². The van der Waals surface area contributed by atoms with Crippen molar-refractivity contribution in [3.8, 4) is 0 Å². The van der Waals surface area contributed by atoms with Gasteiger partial charge in [-0.05, 0) is 97.9 Å². The van der Waals surface area contributed by atoms with E-state index in [-0.39, 0.29) is 56.9 Å². The number of rotatable bonds is 3. The van der Waals surface area contributed by atoms with Crippen LogP contribution in [0.4, 0.5) is 0 Å². The van der Waals surface area contributed by atoms with Crippen LogP contribution in [0.1, 0.15) is 106 Å². The molecule has 0 aromatic rings. The molecule has 0 aromatic heterocycles. The van der Waals surface area contributed by atoms with Gasteiger partial charge in [-0.25, -0.2) is 0 Å². The molecule has 0 heterocycles. The molecule has 5 rings (SSSR count). The monoisotopic (exact) mass is 543 g/mol. The smallest absolute Gasteiger partial charge is 0.302 e. The van der Waals surface area contributed by atoms with E-state index in [9.17, 15) is 14.4 Å². The predicted molar refractivity (Wildman–Crippen MR) is 152 cm³/mol. The molecule has 0 radical (unpaired) electrons. The summed E-state index contributed by atoms with van der Waals surface area (Å²) in [4.78, 5) is 39.4. The summed E-state index contributed by atoms with van der Waals surface area (Å²) in [5, 5.41) is 0. The maximum atomic E-state index is 14.4. The lowest BCUT2D eigenvalue weighted by atomic mass is 9.37. The van der Waals surface area contributed by atoms with Gasteiger partial charge in [0.15, 0.2) is 5.78 Å². The topological polar surface area (TPSA) is 72.5 Å². The zero-order chi connectivity index (χ0) is 27.9. The third kappa shape index (κ3) is 3.96. The lowest BCUT2D eigenvalue weighted by Crippen LogP contribution is -2.64. The van der Waals surface area contributed by atoms with E-state index in [1.165, 1.54) is 30.9 Å². The van der Waals surface area contributed by atoms with Crippen LogP contribution >= 0.6 is 11.9 Å². The molecular formula is C32H49NO4S. The number of esters is 1. The van der Waals surface area contributed by atoms with Gasteiger partial charge in [0, 0.05) is 29.9 Å². The molecule has 4 fully saturated rings. The van der Waals surface area contributed by atoms with E-state index in [4.69, 9.17) is 4.74 Å². The normalized spacial score (nSPS) is 47.4. The highest BCUT2D eigenvalue weighted by Gasteiger charge is 2.67. The number of hydrogen-bond acceptors (Lipinski definition) is 5. The first-order valence-electron chi connectivity index (χ1n) is 14.9. The molecule has 5 nitrogen and oxygen atoms in total. The van der Waals surface area contributed by atoms with Crippen molar-refractivity contribution in [1.82, 2.24) is 4.72 Å². The van der Waals surface area contributed by atoms with Crippen molar-refractivity contribution in [3.05, 3.63) is 11.6 Å². The van der Waals surface area contributed by atoms with Gasteiger partial charge in [-0.15, -0.1) is 0 Å². The molecule has 0 bridgehead atoms. The van der Waals surface area contributed by atoms with Gasteiger partial charge in [0.2, 0.25) is 5.91 Å². The fraction of sp³-hybridized carbons (Fsp3) is 0.844. The molecular weight excluding hydrogens is 494 g/mol. The largest absolute Gasteiger partial charge is 0.462 e. The molecule has 0 saturated heterocycles. The SMILES string of the molecule is CSNC(=O)[C@@]1(C)CC[C@]2(C)CCC3C(=CC(=O)[C@@H]4[C@@]5(C)CC[C@H](OC(C)=O)C(C)(C)[C@@H]5CC[C@@]34C)[C@@H]2C1. The van der Waals surface area contributed by atoms with E-state index in [1.807, 2.05) is 6.26 Å². The van der Waals surface area contributed by atoms with Crippen molar-refractivity contribution in [1.29, 1.82) is 0 Å². The minimum atomic E-state index is -0.389. The molecule has 1 N–H and O–H groups in total. The second-order valence-electron chi connectivity index (χ2n) is 15.2. The Labute approximate surface area is 234 Å². The van der Waals surface area contributed by atoms with Crippen LogP contribution in [0.15, 0.2) is 11.6 Å². The van der Waals surface area contributed by atoms with Gasteiger partial charge in [-0.2, -0.15) is 0 Å². The van der Waals surface area contributed by atoms with Crippen LogP contribution in [0.5, 0.6) is 0 Å². The fourth-order valence-corrected chi connectivity index (χ4v) is 11.2. The van der Waals surface area contributed by atoms with E-state index < -0.39 is 0 Å². The van der Waals surface area contributed by atoms with Crippen LogP contribution in [0.3, 0.4) is 0 Å². The Morgan fingerprint density at radius 2 is 1.61 bits per heavy atom. The Hall–Kier alpha value is -1.30.